The number of rotatable bonds is 3. The molecule has 1 aliphatic rings. The Morgan fingerprint density at radius 3 is 2.32 bits per heavy atom. The number of aromatic nitrogens is 1. The SMILES string of the molecule is COc1cnc(CO)c(B2OC(C)(C)C(C)(C)O2)c1. The number of methoxy groups -OCH3 is 1. The zero-order chi connectivity index (χ0) is 14.3. The predicted molar refractivity (Wildman–Crippen MR) is 72.4 cm³/mol. The van der Waals surface area contributed by atoms with Gasteiger partial charge in [0.05, 0.1) is 36.8 Å². The third kappa shape index (κ3) is 2.48. The molecule has 0 unspecified atom stereocenters. The number of nitrogens with zero attached hydrogens (tertiary/aromatic N) is 1. The van der Waals surface area contributed by atoms with Crippen LogP contribution >= 0.6 is 0 Å². The summed E-state index contributed by atoms with van der Waals surface area (Å²) < 4.78 is 17.1. The largest absolute Gasteiger partial charge is 0.496 e. The monoisotopic (exact) mass is 265 g/mol. The van der Waals surface area contributed by atoms with Crippen molar-refractivity contribution in [1.29, 1.82) is 0 Å². The van der Waals surface area contributed by atoms with Crippen LogP contribution in [-0.2, 0) is 15.9 Å². The van der Waals surface area contributed by atoms with Gasteiger partial charge in [0.2, 0.25) is 0 Å². The second-order valence-electron chi connectivity index (χ2n) is 5.66. The normalized spacial score (nSPS) is 20.6. The first-order chi connectivity index (χ1) is 8.80. The molecule has 1 fully saturated rings. The Bertz CT molecular complexity index is 460. The molecule has 1 aliphatic heterocycles. The van der Waals surface area contributed by atoms with Crippen LogP contribution in [0.1, 0.15) is 33.4 Å². The summed E-state index contributed by atoms with van der Waals surface area (Å²) in [5.41, 5.74) is 0.404. The van der Waals surface area contributed by atoms with E-state index in [1.54, 1.807) is 19.4 Å². The lowest BCUT2D eigenvalue weighted by molar-refractivity contribution is 0.00578. The summed E-state index contributed by atoms with van der Waals surface area (Å²) >= 11 is 0. The van der Waals surface area contributed by atoms with Crippen LogP contribution in [0.15, 0.2) is 12.3 Å². The molecule has 19 heavy (non-hydrogen) atoms. The minimum atomic E-state index is -0.547. The zero-order valence-electron chi connectivity index (χ0n) is 12.1. The molecule has 0 saturated carbocycles. The van der Waals surface area contributed by atoms with E-state index in [2.05, 4.69) is 4.98 Å². The molecule has 6 heteroatoms. The Morgan fingerprint density at radius 2 is 1.84 bits per heavy atom. The lowest BCUT2D eigenvalue weighted by Gasteiger charge is -2.32. The van der Waals surface area contributed by atoms with Gasteiger partial charge in [-0.3, -0.25) is 4.98 Å². The Balaban J connectivity index is 2.38. The summed E-state index contributed by atoms with van der Waals surface area (Å²) in [5, 5.41) is 9.39. The van der Waals surface area contributed by atoms with Gasteiger partial charge in [-0.15, -0.1) is 0 Å². The number of hydrogen-bond donors (Lipinski definition) is 1. The van der Waals surface area contributed by atoms with Gasteiger partial charge in [0.15, 0.2) is 0 Å². The van der Waals surface area contributed by atoms with Crippen LogP contribution in [0, 0.1) is 0 Å². The number of aliphatic hydroxyl groups excluding tert-OH is 1. The van der Waals surface area contributed by atoms with E-state index in [0.29, 0.717) is 16.9 Å². The fraction of sp³-hybridized carbons (Fsp3) is 0.615. The van der Waals surface area contributed by atoms with Gasteiger partial charge in [-0.1, -0.05) is 0 Å². The van der Waals surface area contributed by atoms with Crippen molar-refractivity contribution in [3.63, 3.8) is 0 Å². The van der Waals surface area contributed by atoms with Crippen LogP contribution in [0.2, 0.25) is 0 Å². The summed E-state index contributed by atoms with van der Waals surface area (Å²) in [7, 11) is 1.03. The molecular formula is C13H20BNO4. The summed E-state index contributed by atoms with van der Waals surface area (Å²) in [6.07, 6.45) is 1.57. The number of aliphatic hydroxyl groups is 1. The number of ether oxygens (including phenoxy) is 1. The third-order valence-electron chi connectivity index (χ3n) is 3.87. The Morgan fingerprint density at radius 1 is 1.26 bits per heavy atom. The molecule has 0 amide bonds. The number of pyridine rings is 1. The van der Waals surface area contributed by atoms with Gasteiger partial charge < -0.3 is 19.2 Å². The Hall–Kier alpha value is -1.11. The summed E-state index contributed by atoms with van der Waals surface area (Å²) in [6.45, 7) is 7.78. The molecule has 0 radical (unpaired) electrons. The van der Waals surface area contributed by atoms with Gasteiger partial charge in [-0.25, -0.2) is 0 Å². The van der Waals surface area contributed by atoms with E-state index in [1.807, 2.05) is 27.7 Å². The van der Waals surface area contributed by atoms with E-state index in [9.17, 15) is 5.11 Å². The fourth-order valence-corrected chi connectivity index (χ4v) is 1.91. The van der Waals surface area contributed by atoms with Crippen molar-refractivity contribution in [2.24, 2.45) is 0 Å². The second kappa shape index (κ2) is 4.78. The van der Waals surface area contributed by atoms with Crippen molar-refractivity contribution in [1.82, 2.24) is 4.98 Å². The molecule has 5 nitrogen and oxygen atoms in total. The lowest BCUT2D eigenvalue weighted by atomic mass is 9.78. The van der Waals surface area contributed by atoms with Crippen molar-refractivity contribution in [3.05, 3.63) is 18.0 Å². The van der Waals surface area contributed by atoms with Crippen LogP contribution in [0.3, 0.4) is 0 Å². The van der Waals surface area contributed by atoms with Crippen LogP contribution in [0.4, 0.5) is 0 Å². The highest BCUT2D eigenvalue weighted by Gasteiger charge is 2.52. The molecule has 1 saturated heterocycles. The van der Waals surface area contributed by atoms with Gasteiger partial charge in [-0.2, -0.15) is 0 Å². The highest BCUT2D eigenvalue weighted by molar-refractivity contribution is 6.62. The fourth-order valence-electron chi connectivity index (χ4n) is 1.91. The molecule has 0 atom stereocenters. The first kappa shape index (κ1) is 14.3. The Kier molecular flexibility index (Phi) is 3.60. The highest BCUT2D eigenvalue weighted by Crippen LogP contribution is 2.36. The first-order valence-corrected chi connectivity index (χ1v) is 6.30. The molecule has 2 rings (SSSR count). The van der Waals surface area contributed by atoms with Crippen molar-refractivity contribution in [3.8, 4) is 5.75 Å². The Labute approximate surface area is 114 Å². The van der Waals surface area contributed by atoms with Crippen molar-refractivity contribution >= 4 is 12.6 Å². The summed E-state index contributed by atoms with van der Waals surface area (Å²) in [4.78, 5) is 4.17. The van der Waals surface area contributed by atoms with E-state index >= 15 is 0 Å². The smallest absolute Gasteiger partial charge is 0.495 e. The van der Waals surface area contributed by atoms with Crippen LogP contribution in [0.5, 0.6) is 5.75 Å². The maximum Gasteiger partial charge on any atom is 0.496 e. The number of hydrogen-bond acceptors (Lipinski definition) is 5. The van der Waals surface area contributed by atoms with Crippen LogP contribution < -0.4 is 10.2 Å². The molecule has 0 spiro atoms. The maximum absolute atomic E-state index is 9.39. The van der Waals surface area contributed by atoms with Crippen LogP contribution in [0.25, 0.3) is 0 Å². The molecule has 0 bridgehead atoms. The van der Waals surface area contributed by atoms with E-state index in [0.717, 1.165) is 0 Å². The van der Waals surface area contributed by atoms with Crippen molar-refractivity contribution in [2.45, 2.75) is 45.5 Å². The van der Waals surface area contributed by atoms with Crippen LogP contribution in [-0.4, -0.2) is 35.5 Å². The molecule has 104 valence electrons. The predicted octanol–water partition coefficient (Wildman–Crippen LogP) is 0.882. The van der Waals surface area contributed by atoms with Gasteiger partial charge in [0, 0.05) is 5.46 Å². The van der Waals surface area contributed by atoms with Crippen molar-refractivity contribution < 1.29 is 19.2 Å². The second-order valence-corrected chi connectivity index (χ2v) is 5.66. The summed E-state index contributed by atoms with van der Waals surface area (Å²) in [5.74, 6) is 0.613. The van der Waals surface area contributed by atoms with E-state index in [4.69, 9.17) is 14.0 Å². The van der Waals surface area contributed by atoms with Gasteiger partial charge in [0.1, 0.15) is 5.75 Å². The minimum absolute atomic E-state index is 0.163. The molecule has 1 N–H and O–H groups in total. The van der Waals surface area contributed by atoms with E-state index in [-0.39, 0.29) is 6.61 Å². The summed E-state index contributed by atoms with van der Waals surface area (Å²) in [6, 6.07) is 1.79. The average molecular weight is 265 g/mol. The molecule has 1 aromatic heterocycles. The zero-order valence-corrected chi connectivity index (χ0v) is 12.1. The topological polar surface area (TPSA) is 60.8 Å². The molecule has 0 aliphatic carbocycles. The molecule has 0 aromatic carbocycles. The van der Waals surface area contributed by atoms with Gasteiger partial charge in [-0.05, 0) is 33.8 Å². The average Bonchev–Trinajstić information content (AvgIpc) is 2.57. The lowest BCUT2D eigenvalue weighted by Crippen LogP contribution is -2.41. The molecule has 1 aromatic rings. The first-order valence-electron chi connectivity index (χ1n) is 6.30. The minimum Gasteiger partial charge on any atom is -0.495 e. The molecular weight excluding hydrogens is 245 g/mol. The van der Waals surface area contributed by atoms with E-state index < -0.39 is 18.3 Å². The maximum atomic E-state index is 9.39. The quantitative estimate of drug-likeness (QED) is 0.822. The van der Waals surface area contributed by atoms with Gasteiger partial charge >= 0.3 is 7.12 Å². The third-order valence-corrected chi connectivity index (χ3v) is 3.87. The standard InChI is InChI=1S/C13H20BNO4/c1-12(2)13(3,4)19-14(18-12)10-6-9(17-5)7-15-11(10)8-16/h6-7,16H,8H2,1-5H3. The van der Waals surface area contributed by atoms with Gasteiger partial charge in [0.25, 0.3) is 0 Å². The molecule has 2 heterocycles. The highest BCUT2D eigenvalue weighted by atomic mass is 16.7. The van der Waals surface area contributed by atoms with Crippen molar-refractivity contribution in [2.75, 3.05) is 7.11 Å². The van der Waals surface area contributed by atoms with E-state index in [1.165, 1.54) is 0 Å².